The Bertz CT molecular complexity index is 834. The Labute approximate surface area is 167 Å². The monoisotopic (exact) mass is 376 g/mol. The molecule has 2 aliphatic rings. The van der Waals surface area contributed by atoms with Crippen molar-refractivity contribution in [3.63, 3.8) is 0 Å². The number of benzene rings is 2. The second-order valence-corrected chi connectivity index (χ2v) is 7.98. The number of amides is 2. The van der Waals surface area contributed by atoms with Crippen LogP contribution in [0.2, 0.25) is 0 Å². The van der Waals surface area contributed by atoms with E-state index in [0.29, 0.717) is 19.5 Å². The summed E-state index contributed by atoms with van der Waals surface area (Å²) in [4.78, 5) is 30.0. The first-order chi connectivity index (χ1) is 13.7. The van der Waals surface area contributed by atoms with Crippen molar-refractivity contribution in [2.45, 2.75) is 45.2 Å². The van der Waals surface area contributed by atoms with E-state index in [-0.39, 0.29) is 17.7 Å². The van der Waals surface area contributed by atoms with Crippen LogP contribution >= 0.6 is 0 Å². The van der Waals surface area contributed by atoms with E-state index >= 15 is 0 Å². The Balaban J connectivity index is 1.40. The molecular formula is C24H28N2O2. The van der Waals surface area contributed by atoms with Crippen molar-refractivity contribution in [2.75, 3.05) is 13.1 Å². The molecule has 1 saturated heterocycles. The summed E-state index contributed by atoms with van der Waals surface area (Å²) in [5.74, 6) is 0.0809. The van der Waals surface area contributed by atoms with Crippen LogP contribution in [0, 0.1) is 5.92 Å². The molecule has 4 nitrogen and oxygen atoms in total. The van der Waals surface area contributed by atoms with Gasteiger partial charge in [-0.2, -0.15) is 0 Å². The number of likely N-dealkylation sites (tertiary alicyclic amines) is 1. The van der Waals surface area contributed by atoms with Crippen LogP contribution in [0.25, 0.3) is 0 Å². The summed E-state index contributed by atoms with van der Waals surface area (Å²) in [6.45, 7) is 2.85. The van der Waals surface area contributed by atoms with Crippen LogP contribution in [0.15, 0.2) is 54.6 Å². The number of hydrogen-bond acceptors (Lipinski definition) is 2. The number of carbonyl (C=O) groups excluding carboxylic acids is 2. The highest BCUT2D eigenvalue weighted by atomic mass is 16.2. The van der Waals surface area contributed by atoms with Gasteiger partial charge in [0.15, 0.2) is 0 Å². The van der Waals surface area contributed by atoms with E-state index in [0.717, 1.165) is 44.3 Å². The third-order valence-electron chi connectivity index (χ3n) is 6.01. The van der Waals surface area contributed by atoms with Gasteiger partial charge < -0.3 is 9.80 Å². The van der Waals surface area contributed by atoms with E-state index < -0.39 is 0 Å². The fourth-order valence-corrected chi connectivity index (χ4v) is 4.38. The Hall–Kier alpha value is -2.62. The van der Waals surface area contributed by atoms with E-state index in [2.05, 4.69) is 30.3 Å². The normalized spacial score (nSPS) is 19.9. The highest BCUT2D eigenvalue weighted by molar-refractivity contribution is 5.86. The molecule has 2 amide bonds. The maximum Gasteiger partial charge on any atom is 0.226 e. The van der Waals surface area contributed by atoms with E-state index in [1.165, 1.54) is 11.1 Å². The first kappa shape index (κ1) is 18.7. The lowest BCUT2D eigenvalue weighted by Crippen LogP contribution is -2.40. The van der Waals surface area contributed by atoms with Gasteiger partial charge in [0.2, 0.25) is 11.8 Å². The van der Waals surface area contributed by atoms with Crippen LogP contribution in [0.4, 0.5) is 0 Å². The van der Waals surface area contributed by atoms with Crippen LogP contribution < -0.4 is 0 Å². The molecule has 4 heteroatoms. The number of rotatable bonds is 4. The van der Waals surface area contributed by atoms with Gasteiger partial charge in [-0.1, -0.05) is 61.0 Å². The van der Waals surface area contributed by atoms with Gasteiger partial charge in [0, 0.05) is 38.5 Å². The molecule has 0 aliphatic carbocycles. The van der Waals surface area contributed by atoms with E-state index in [9.17, 15) is 9.59 Å². The largest absolute Gasteiger partial charge is 0.338 e. The predicted molar refractivity (Wildman–Crippen MR) is 109 cm³/mol. The Kier molecular flexibility index (Phi) is 5.75. The van der Waals surface area contributed by atoms with E-state index in [1.54, 1.807) is 0 Å². The van der Waals surface area contributed by atoms with Crippen molar-refractivity contribution in [3.8, 4) is 0 Å². The van der Waals surface area contributed by atoms with Crippen LogP contribution in [0.5, 0.6) is 0 Å². The van der Waals surface area contributed by atoms with Gasteiger partial charge in [0.1, 0.15) is 0 Å². The summed E-state index contributed by atoms with van der Waals surface area (Å²) in [5, 5.41) is 0. The molecule has 0 saturated carbocycles. The number of hydrogen-bond donors (Lipinski definition) is 0. The summed E-state index contributed by atoms with van der Waals surface area (Å²) in [7, 11) is 0. The molecule has 0 radical (unpaired) electrons. The molecule has 0 N–H and O–H groups in total. The van der Waals surface area contributed by atoms with Gasteiger partial charge in [-0.3, -0.25) is 9.59 Å². The zero-order valence-electron chi connectivity index (χ0n) is 16.3. The third-order valence-corrected chi connectivity index (χ3v) is 6.01. The van der Waals surface area contributed by atoms with Crippen molar-refractivity contribution in [2.24, 2.45) is 5.92 Å². The molecule has 146 valence electrons. The van der Waals surface area contributed by atoms with E-state index in [4.69, 9.17) is 0 Å². The quantitative estimate of drug-likeness (QED) is 0.815. The summed E-state index contributed by atoms with van der Waals surface area (Å²) < 4.78 is 0. The van der Waals surface area contributed by atoms with Gasteiger partial charge in [-0.25, -0.2) is 0 Å². The van der Waals surface area contributed by atoms with Gasteiger partial charge in [0.05, 0.1) is 0 Å². The van der Waals surface area contributed by atoms with E-state index in [1.807, 2.05) is 34.1 Å². The molecule has 28 heavy (non-hydrogen) atoms. The minimum Gasteiger partial charge on any atom is -0.338 e. The summed E-state index contributed by atoms with van der Waals surface area (Å²) in [5.41, 5.74) is 3.72. The molecule has 0 aromatic heterocycles. The number of fused-ring (bicyclic) bond motifs is 1. The smallest absolute Gasteiger partial charge is 0.226 e. The topological polar surface area (TPSA) is 40.6 Å². The first-order valence-corrected chi connectivity index (χ1v) is 10.4. The SMILES string of the molecule is O=C(CC1CCCCN(Cc2ccccc2)C1=O)N1CCc2ccccc2C1. The molecular weight excluding hydrogens is 348 g/mol. The van der Waals surface area contributed by atoms with Crippen molar-refractivity contribution in [1.82, 2.24) is 9.80 Å². The maximum absolute atomic E-state index is 13.1. The minimum absolute atomic E-state index is 0.120. The Morgan fingerprint density at radius 2 is 1.68 bits per heavy atom. The van der Waals surface area contributed by atoms with Crippen LogP contribution in [-0.4, -0.2) is 34.7 Å². The standard InChI is InChI=1S/C24H28N2O2/c27-23(25-15-13-20-10-4-5-12-22(20)18-25)16-21-11-6-7-14-26(24(21)28)17-19-8-2-1-3-9-19/h1-5,8-10,12,21H,6-7,11,13-18H2. The molecule has 0 spiro atoms. The van der Waals surface area contributed by atoms with Crippen LogP contribution in [0.3, 0.4) is 0 Å². The van der Waals surface area contributed by atoms with Crippen molar-refractivity contribution in [1.29, 1.82) is 0 Å². The molecule has 4 rings (SSSR count). The second-order valence-electron chi connectivity index (χ2n) is 7.98. The molecule has 2 aromatic rings. The van der Waals surface area contributed by atoms with Crippen LogP contribution in [-0.2, 0) is 29.1 Å². The molecule has 1 unspecified atom stereocenters. The molecule has 1 fully saturated rings. The predicted octanol–water partition coefficient (Wildman–Crippen LogP) is 3.79. The number of carbonyl (C=O) groups is 2. The average molecular weight is 377 g/mol. The molecule has 0 bridgehead atoms. The summed E-state index contributed by atoms with van der Waals surface area (Å²) >= 11 is 0. The van der Waals surface area contributed by atoms with Gasteiger partial charge in [0.25, 0.3) is 0 Å². The number of nitrogens with zero attached hydrogens (tertiary/aromatic N) is 2. The molecule has 2 aliphatic heterocycles. The lowest BCUT2D eigenvalue weighted by Gasteiger charge is -2.30. The maximum atomic E-state index is 13.1. The molecule has 2 aromatic carbocycles. The van der Waals surface area contributed by atoms with Crippen molar-refractivity contribution >= 4 is 11.8 Å². The van der Waals surface area contributed by atoms with Gasteiger partial charge in [-0.05, 0) is 36.0 Å². The van der Waals surface area contributed by atoms with Gasteiger partial charge in [-0.15, -0.1) is 0 Å². The Morgan fingerprint density at radius 1 is 0.929 bits per heavy atom. The fraction of sp³-hybridized carbons (Fsp3) is 0.417. The zero-order valence-corrected chi connectivity index (χ0v) is 16.3. The zero-order chi connectivity index (χ0) is 19.3. The molecule has 2 heterocycles. The van der Waals surface area contributed by atoms with Gasteiger partial charge >= 0.3 is 0 Å². The first-order valence-electron chi connectivity index (χ1n) is 10.4. The van der Waals surface area contributed by atoms with Crippen molar-refractivity contribution in [3.05, 3.63) is 71.3 Å². The second kappa shape index (κ2) is 8.59. The van der Waals surface area contributed by atoms with Crippen LogP contribution in [0.1, 0.15) is 42.4 Å². The Morgan fingerprint density at radius 3 is 2.50 bits per heavy atom. The average Bonchev–Trinajstić information content (AvgIpc) is 2.90. The highest BCUT2D eigenvalue weighted by Crippen LogP contribution is 2.25. The molecule has 1 atom stereocenters. The summed E-state index contributed by atoms with van der Waals surface area (Å²) in [6.07, 6.45) is 4.09. The minimum atomic E-state index is -0.184. The third kappa shape index (κ3) is 4.27. The summed E-state index contributed by atoms with van der Waals surface area (Å²) in [6, 6.07) is 18.5. The lowest BCUT2D eigenvalue weighted by molar-refractivity contribution is -0.141. The fourth-order valence-electron chi connectivity index (χ4n) is 4.38. The van der Waals surface area contributed by atoms with Crippen molar-refractivity contribution < 1.29 is 9.59 Å². The lowest BCUT2D eigenvalue weighted by atomic mass is 9.95. The highest BCUT2D eigenvalue weighted by Gasteiger charge is 2.31.